The van der Waals surface area contributed by atoms with Crippen molar-refractivity contribution in [2.75, 3.05) is 33.8 Å². The van der Waals surface area contributed by atoms with Crippen LogP contribution < -0.4 is 15.4 Å². The highest BCUT2D eigenvalue weighted by Gasteiger charge is 2.23. The molecule has 32 heavy (non-hydrogen) atoms. The van der Waals surface area contributed by atoms with E-state index in [1.54, 1.807) is 7.05 Å². The van der Waals surface area contributed by atoms with E-state index in [9.17, 15) is 4.79 Å². The quantitative estimate of drug-likeness (QED) is 0.557. The number of rotatable bonds is 5. The molecule has 0 radical (unpaired) electrons. The fourth-order valence-electron chi connectivity index (χ4n) is 4.58. The monoisotopic (exact) mass is 434 g/mol. The number of guanidine groups is 1. The van der Waals surface area contributed by atoms with Gasteiger partial charge in [-0.25, -0.2) is 0 Å². The van der Waals surface area contributed by atoms with Gasteiger partial charge in [-0.15, -0.1) is 0 Å². The average Bonchev–Trinajstić information content (AvgIpc) is 2.85. The van der Waals surface area contributed by atoms with E-state index in [2.05, 4.69) is 63.0 Å². The van der Waals surface area contributed by atoms with Crippen LogP contribution in [0.4, 0.5) is 0 Å². The van der Waals surface area contributed by atoms with E-state index in [4.69, 9.17) is 4.74 Å². The summed E-state index contributed by atoms with van der Waals surface area (Å²) in [5, 5.41) is 6.23. The Morgan fingerprint density at radius 3 is 2.59 bits per heavy atom. The lowest BCUT2D eigenvalue weighted by atomic mass is 9.93. The van der Waals surface area contributed by atoms with Crippen LogP contribution in [0.5, 0.6) is 5.75 Å². The molecule has 2 aromatic rings. The lowest BCUT2D eigenvalue weighted by Gasteiger charge is -2.34. The number of nitrogens with zero attached hydrogens (tertiary/aromatic N) is 2. The van der Waals surface area contributed by atoms with Gasteiger partial charge in [0.15, 0.2) is 5.96 Å². The van der Waals surface area contributed by atoms with E-state index >= 15 is 0 Å². The van der Waals surface area contributed by atoms with Crippen LogP contribution in [0.25, 0.3) is 11.1 Å². The van der Waals surface area contributed by atoms with Gasteiger partial charge in [0, 0.05) is 40.2 Å². The number of nitrogens with one attached hydrogen (secondary N) is 2. The normalized spacial score (nSPS) is 16.8. The molecule has 1 saturated heterocycles. The van der Waals surface area contributed by atoms with Gasteiger partial charge in [0.1, 0.15) is 5.75 Å². The van der Waals surface area contributed by atoms with Crippen LogP contribution in [0.3, 0.4) is 0 Å². The summed E-state index contributed by atoms with van der Waals surface area (Å²) in [4.78, 5) is 18.4. The SMILES string of the molecule is CN=C(NCc1ccc(-c2ccc3c(c2)CCCO3)cc1)N1CCC(CC(=O)NC)CC1. The molecular weight excluding hydrogens is 400 g/mol. The number of benzene rings is 2. The lowest BCUT2D eigenvalue weighted by molar-refractivity contribution is -0.121. The first-order chi connectivity index (χ1) is 15.7. The van der Waals surface area contributed by atoms with Crippen LogP contribution in [-0.2, 0) is 17.8 Å². The highest BCUT2D eigenvalue weighted by atomic mass is 16.5. The van der Waals surface area contributed by atoms with Crippen molar-refractivity contribution in [2.45, 2.75) is 38.6 Å². The zero-order chi connectivity index (χ0) is 22.3. The van der Waals surface area contributed by atoms with Crippen LogP contribution in [-0.4, -0.2) is 50.6 Å². The number of aryl methyl sites for hydroxylation is 1. The minimum absolute atomic E-state index is 0.137. The van der Waals surface area contributed by atoms with Crippen molar-refractivity contribution < 1.29 is 9.53 Å². The van der Waals surface area contributed by atoms with Crippen LogP contribution >= 0.6 is 0 Å². The van der Waals surface area contributed by atoms with Crippen LogP contribution in [0.2, 0.25) is 0 Å². The second kappa shape index (κ2) is 10.5. The summed E-state index contributed by atoms with van der Waals surface area (Å²) in [6.07, 6.45) is 4.85. The maximum Gasteiger partial charge on any atom is 0.220 e. The molecule has 0 atom stereocenters. The third-order valence-corrected chi connectivity index (χ3v) is 6.53. The second-order valence-corrected chi connectivity index (χ2v) is 8.68. The highest BCUT2D eigenvalue weighted by Crippen LogP contribution is 2.30. The topological polar surface area (TPSA) is 66.0 Å². The number of carbonyl (C=O) groups excluding carboxylic acids is 1. The number of fused-ring (bicyclic) bond motifs is 1. The largest absolute Gasteiger partial charge is 0.493 e. The minimum Gasteiger partial charge on any atom is -0.493 e. The van der Waals surface area contributed by atoms with E-state index < -0.39 is 0 Å². The van der Waals surface area contributed by atoms with Crippen LogP contribution in [0.15, 0.2) is 47.5 Å². The predicted octanol–water partition coefficient (Wildman–Crippen LogP) is 3.60. The van der Waals surface area contributed by atoms with Gasteiger partial charge in [0.05, 0.1) is 6.61 Å². The number of aliphatic imine (C=N–C) groups is 1. The van der Waals surface area contributed by atoms with Gasteiger partial charge in [-0.1, -0.05) is 30.3 Å². The average molecular weight is 435 g/mol. The number of hydrogen-bond donors (Lipinski definition) is 2. The van der Waals surface area contributed by atoms with Gasteiger partial charge in [-0.05, 0) is 66.0 Å². The van der Waals surface area contributed by atoms with Crippen molar-refractivity contribution in [1.29, 1.82) is 0 Å². The summed E-state index contributed by atoms with van der Waals surface area (Å²) in [5.41, 5.74) is 5.00. The first-order valence-electron chi connectivity index (χ1n) is 11.7. The molecule has 1 amide bonds. The van der Waals surface area contributed by atoms with Crippen molar-refractivity contribution in [3.63, 3.8) is 0 Å². The first kappa shape index (κ1) is 22.2. The molecule has 2 aliphatic rings. The van der Waals surface area contributed by atoms with Crippen LogP contribution in [0, 0.1) is 5.92 Å². The smallest absolute Gasteiger partial charge is 0.220 e. The number of piperidine rings is 1. The second-order valence-electron chi connectivity index (χ2n) is 8.68. The first-order valence-corrected chi connectivity index (χ1v) is 11.7. The standard InChI is InChI=1S/C26H34N4O2/c1-27-25(31)16-19-11-13-30(14-12-19)26(28-2)29-18-20-5-7-21(8-6-20)22-9-10-24-23(17-22)4-3-15-32-24/h5-10,17,19H,3-4,11-16,18H2,1-2H3,(H,27,31)(H,28,29). The van der Waals surface area contributed by atoms with Gasteiger partial charge in [-0.3, -0.25) is 9.79 Å². The van der Waals surface area contributed by atoms with E-state index in [0.717, 1.165) is 63.6 Å². The molecule has 0 spiro atoms. The van der Waals surface area contributed by atoms with Crippen molar-refractivity contribution >= 4 is 11.9 Å². The number of carbonyl (C=O) groups is 1. The molecule has 170 valence electrons. The Balaban J connectivity index is 1.30. The number of hydrogen-bond acceptors (Lipinski definition) is 3. The Hall–Kier alpha value is -3.02. The maximum absolute atomic E-state index is 11.6. The van der Waals surface area contributed by atoms with Crippen molar-refractivity contribution in [3.8, 4) is 16.9 Å². The molecule has 4 rings (SSSR count). The van der Waals surface area contributed by atoms with Gasteiger partial charge in [-0.2, -0.15) is 0 Å². The molecule has 2 N–H and O–H groups in total. The molecular formula is C26H34N4O2. The third-order valence-electron chi connectivity index (χ3n) is 6.53. The summed E-state index contributed by atoms with van der Waals surface area (Å²) in [6, 6.07) is 15.2. The van der Waals surface area contributed by atoms with Gasteiger partial charge in [0.25, 0.3) is 0 Å². The molecule has 0 unspecified atom stereocenters. The van der Waals surface area contributed by atoms with Gasteiger partial charge >= 0.3 is 0 Å². The van der Waals surface area contributed by atoms with Crippen LogP contribution in [0.1, 0.15) is 36.8 Å². The molecule has 6 heteroatoms. The van der Waals surface area contributed by atoms with E-state index in [0.29, 0.717) is 12.3 Å². The number of likely N-dealkylation sites (tertiary alicyclic amines) is 1. The Kier molecular flexibility index (Phi) is 7.30. The molecule has 1 fully saturated rings. The maximum atomic E-state index is 11.6. The Labute approximate surface area is 191 Å². The Bertz CT molecular complexity index is 947. The molecule has 0 bridgehead atoms. The van der Waals surface area contributed by atoms with Crippen molar-refractivity contribution in [2.24, 2.45) is 10.9 Å². The number of amides is 1. The minimum atomic E-state index is 0.137. The fourth-order valence-corrected chi connectivity index (χ4v) is 4.58. The summed E-state index contributed by atoms with van der Waals surface area (Å²) >= 11 is 0. The summed E-state index contributed by atoms with van der Waals surface area (Å²) in [7, 11) is 3.54. The Morgan fingerprint density at radius 1 is 1.12 bits per heavy atom. The van der Waals surface area contributed by atoms with Crippen molar-refractivity contribution in [3.05, 3.63) is 53.6 Å². The summed E-state index contributed by atoms with van der Waals surface area (Å²) in [5.74, 6) is 2.57. The van der Waals surface area contributed by atoms with Gasteiger partial charge in [0.2, 0.25) is 5.91 Å². The Morgan fingerprint density at radius 2 is 1.88 bits per heavy atom. The zero-order valence-electron chi connectivity index (χ0n) is 19.2. The third kappa shape index (κ3) is 5.42. The molecule has 2 aromatic carbocycles. The van der Waals surface area contributed by atoms with E-state index in [-0.39, 0.29) is 5.91 Å². The van der Waals surface area contributed by atoms with E-state index in [1.165, 1.54) is 22.3 Å². The van der Waals surface area contributed by atoms with E-state index in [1.807, 2.05) is 7.05 Å². The molecule has 2 aliphatic heterocycles. The van der Waals surface area contributed by atoms with Gasteiger partial charge < -0.3 is 20.3 Å². The molecule has 6 nitrogen and oxygen atoms in total. The molecule has 0 aliphatic carbocycles. The lowest BCUT2D eigenvalue weighted by Crippen LogP contribution is -2.45. The predicted molar refractivity (Wildman–Crippen MR) is 129 cm³/mol. The number of ether oxygens (including phenoxy) is 1. The molecule has 2 heterocycles. The zero-order valence-corrected chi connectivity index (χ0v) is 19.2. The molecule has 0 aromatic heterocycles. The highest BCUT2D eigenvalue weighted by molar-refractivity contribution is 5.80. The summed E-state index contributed by atoms with van der Waals surface area (Å²) in [6.45, 7) is 3.43. The summed E-state index contributed by atoms with van der Waals surface area (Å²) < 4.78 is 5.73. The molecule has 0 saturated carbocycles. The van der Waals surface area contributed by atoms with Crippen molar-refractivity contribution in [1.82, 2.24) is 15.5 Å². The fraction of sp³-hybridized carbons (Fsp3) is 0.462.